The van der Waals surface area contributed by atoms with Gasteiger partial charge in [-0.15, -0.1) is 23.1 Å². The van der Waals surface area contributed by atoms with Crippen molar-refractivity contribution in [3.63, 3.8) is 0 Å². The van der Waals surface area contributed by atoms with Crippen LogP contribution in [-0.2, 0) is 11.3 Å². The van der Waals surface area contributed by atoms with Crippen molar-refractivity contribution >= 4 is 39.2 Å². The molecule has 0 atom stereocenters. The van der Waals surface area contributed by atoms with Crippen LogP contribution in [0.1, 0.15) is 6.42 Å². The number of hydrogen-bond donors (Lipinski definition) is 1. The van der Waals surface area contributed by atoms with Crippen LogP contribution >= 0.6 is 23.1 Å². The number of carbonyl (C=O) groups is 1. The first-order chi connectivity index (χ1) is 14.7. The Morgan fingerprint density at radius 1 is 1.07 bits per heavy atom. The lowest BCUT2D eigenvalue weighted by Gasteiger charge is -2.07. The van der Waals surface area contributed by atoms with Gasteiger partial charge in [0.1, 0.15) is 11.4 Å². The number of fused-ring (bicyclic) bond motifs is 1. The zero-order valence-corrected chi connectivity index (χ0v) is 17.9. The van der Waals surface area contributed by atoms with Crippen molar-refractivity contribution in [2.24, 2.45) is 0 Å². The molecule has 0 aliphatic carbocycles. The van der Waals surface area contributed by atoms with E-state index in [1.54, 1.807) is 11.8 Å². The van der Waals surface area contributed by atoms with Crippen LogP contribution in [0.25, 0.3) is 20.7 Å². The molecular formula is C23H21N3O2S2. The van der Waals surface area contributed by atoms with Crippen molar-refractivity contribution in [2.45, 2.75) is 17.9 Å². The van der Waals surface area contributed by atoms with Crippen molar-refractivity contribution in [1.82, 2.24) is 14.9 Å². The molecule has 0 unspecified atom stereocenters. The van der Waals surface area contributed by atoms with Crippen LogP contribution < -0.4 is 10.9 Å². The molecule has 1 amide bonds. The maximum absolute atomic E-state index is 12.8. The van der Waals surface area contributed by atoms with Gasteiger partial charge in [-0.3, -0.25) is 14.2 Å². The second-order valence-corrected chi connectivity index (χ2v) is 8.94. The number of carbonyl (C=O) groups excluding carboxylic acids is 1. The Hall–Kier alpha value is -2.90. The number of nitrogens with zero attached hydrogens (tertiary/aromatic N) is 2. The molecule has 0 aliphatic heterocycles. The van der Waals surface area contributed by atoms with Crippen molar-refractivity contribution in [2.75, 3.05) is 12.3 Å². The lowest BCUT2D eigenvalue weighted by molar-refractivity contribution is -0.121. The molecule has 0 aliphatic rings. The molecule has 0 saturated carbocycles. The van der Waals surface area contributed by atoms with Gasteiger partial charge in [0.25, 0.3) is 5.56 Å². The summed E-state index contributed by atoms with van der Waals surface area (Å²) in [5.41, 5.74) is 0.866. The third kappa shape index (κ3) is 4.98. The second-order valence-electron chi connectivity index (χ2n) is 6.74. The number of thiophene rings is 1. The van der Waals surface area contributed by atoms with E-state index in [4.69, 9.17) is 0 Å². The molecule has 152 valence electrons. The van der Waals surface area contributed by atoms with Crippen LogP contribution in [0, 0.1) is 0 Å². The number of benzene rings is 2. The first-order valence-electron chi connectivity index (χ1n) is 9.69. The summed E-state index contributed by atoms with van der Waals surface area (Å²) in [5.74, 6) is 0.746. The van der Waals surface area contributed by atoms with Gasteiger partial charge in [0, 0.05) is 16.3 Å². The van der Waals surface area contributed by atoms with E-state index in [2.05, 4.69) is 22.4 Å². The summed E-state index contributed by atoms with van der Waals surface area (Å²) in [7, 11) is 0. The van der Waals surface area contributed by atoms with Gasteiger partial charge in [0.2, 0.25) is 5.91 Å². The van der Waals surface area contributed by atoms with Crippen molar-refractivity contribution < 1.29 is 4.79 Å². The van der Waals surface area contributed by atoms with E-state index in [1.807, 2.05) is 54.6 Å². The predicted octanol–water partition coefficient (Wildman–Crippen LogP) is 4.42. The van der Waals surface area contributed by atoms with Crippen LogP contribution in [0.3, 0.4) is 0 Å². The SMILES string of the molecule is O=C(Cn1cnc2sc(-c3ccccc3)cc2c1=O)NCCCSc1ccccc1. The van der Waals surface area contributed by atoms with Gasteiger partial charge >= 0.3 is 0 Å². The maximum atomic E-state index is 12.8. The summed E-state index contributed by atoms with van der Waals surface area (Å²) in [6.45, 7) is 0.559. The zero-order valence-electron chi connectivity index (χ0n) is 16.3. The van der Waals surface area contributed by atoms with Crippen LogP contribution in [0.2, 0.25) is 0 Å². The van der Waals surface area contributed by atoms with Gasteiger partial charge < -0.3 is 5.32 Å². The summed E-state index contributed by atoms with van der Waals surface area (Å²) in [6, 6.07) is 21.9. The average Bonchev–Trinajstić information content (AvgIpc) is 3.22. The zero-order chi connectivity index (χ0) is 20.8. The molecule has 5 nitrogen and oxygen atoms in total. The molecule has 0 saturated heterocycles. The summed E-state index contributed by atoms with van der Waals surface area (Å²) >= 11 is 3.25. The highest BCUT2D eigenvalue weighted by Gasteiger charge is 2.12. The first kappa shape index (κ1) is 20.4. The van der Waals surface area contributed by atoms with Gasteiger partial charge in [-0.25, -0.2) is 4.98 Å². The fourth-order valence-corrected chi connectivity index (χ4v) is 4.90. The quantitative estimate of drug-likeness (QED) is 0.329. The van der Waals surface area contributed by atoms with Crippen molar-refractivity contribution in [3.05, 3.63) is 83.4 Å². The van der Waals surface area contributed by atoms with E-state index in [9.17, 15) is 9.59 Å². The van der Waals surface area contributed by atoms with Crippen LogP contribution in [0.5, 0.6) is 0 Å². The Morgan fingerprint density at radius 2 is 1.80 bits per heavy atom. The Morgan fingerprint density at radius 3 is 2.57 bits per heavy atom. The minimum atomic E-state index is -0.187. The second kappa shape index (κ2) is 9.73. The van der Waals surface area contributed by atoms with E-state index in [1.165, 1.54) is 27.1 Å². The molecule has 1 N–H and O–H groups in total. The van der Waals surface area contributed by atoms with Crippen LogP contribution in [0.15, 0.2) is 82.7 Å². The highest BCUT2D eigenvalue weighted by atomic mass is 32.2. The molecular weight excluding hydrogens is 414 g/mol. The van der Waals surface area contributed by atoms with Gasteiger partial charge in [0.15, 0.2) is 0 Å². The highest BCUT2D eigenvalue weighted by molar-refractivity contribution is 7.99. The first-order valence-corrected chi connectivity index (χ1v) is 11.5. The van der Waals surface area contributed by atoms with Gasteiger partial charge in [-0.05, 0) is 35.9 Å². The standard InChI is InChI=1S/C23H21N3O2S2/c27-21(24-12-7-13-29-18-10-5-2-6-11-18)15-26-16-25-22-19(23(26)28)14-20(30-22)17-8-3-1-4-9-17/h1-6,8-11,14,16H,7,12-13,15H2,(H,24,27). The molecule has 30 heavy (non-hydrogen) atoms. The van der Waals surface area contributed by atoms with Crippen molar-refractivity contribution in [1.29, 1.82) is 0 Å². The highest BCUT2D eigenvalue weighted by Crippen LogP contribution is 2.30. The van der Waals surface area contributed by atoms with Gasteiger partial charge in [-0.2, -0.15) is 0 Å². The van der Waals surface area contributed by atoms with E-state index in [-0.39, 0.29) is 18.0 Å². The van der Waals surface area contributed by atoms with E-state index in [0.717, 1.165) is 22.6 Å². The van der Waals surface area contributed by atoms with E-state index >= 15 is 0 Å². The molecule has 0 bridgehead atoms. The van der Waals surface area contributed by atoms with E-state index < -0.39 is 0 Å². The van der Waals surface area contributed by atoms with Crippen LogP contribution in [-0.4, -0.2) is 27.8 Å². The number of amides is 1. The largest absolute Gasteiger partial charge is 0.355 e. The minimum absolute atomic E-state index is 0.0237. The topological polar surface area (TPSA) is 64.0 Å². The van der Waals surface area contributed by atoms with E-state index in [0.29, 0.717) is 16.8 Å². The fraction of sp³-hybridized carbons (Fsp3) is 0.174. The number of rotatable bonds is 8. The summed E-state index contributed by atoms with van der Waals surface area (Å²) in [5, 5.41) is 3.44. The number of aromatic nitrogens is 2. The van der Waals surface area contributed by atoms with Gasteiger partial charge in [0.05, 0.1) is 11.7 Å². The Kier molecular flexibility index (Phi) is 6.61. The summed E-state index contributed by atoms with van der Waals surface area (Å²) in [4.78, 5) is 32.3. The third-order valence-electron chi connectivity index (χ3n) is 4.55. The molecule has 4 aromatic rings. The van der Waals surface area contributed by atoms with Crippen molar-refractivity contribution in [3.8, 4) is 10.4 Å². The molecule has 0 fully saturated rings. The number of nitrogens with one attached hydrogen (secondary N) is 1. The molecule has 7 heteroatoms. The average molecular weight is 436 g/mol. The minimum Gasteiger partial charge on any atom is -0.355 e. The number of thioether (sulfide) groups is 1. The summed E-state index contributed by atoms with van der Waals surface area (Å²) in [6.07, 6.45) is 2.32. The lowest BCUT2D eigenvalue weighted by Crippen LogP contribution is -2.33. The third-order valence-corrected chi connectivity index (χ3v) is 6.74. The fourth-order valence-electron chi connectivity index (χ4n) is 3.03. The number of hydrogen-bond acceptors (Lipinski definition) is 5. The smallest absolute Gasteiger partial charge is 0.262 e. The normalized spacial score (nSPS) is 10.9. The van der Waals surface area contributed by atoms with Gasteiger partial charge in [-0.1, -0.05) is 48.5 Å². The monoisotopic (exact) mass is 435 g/mol. The molecule has 2 aromatic heterocycles. The molecule has 2 heterocycles. The predicted molar refractivity (Wildman–Crippen MR) is 124 cm³/mol. The Labute approximate surface area is 182 Å². The Balaban J connectivity index is 1.33. The maximum Gasteiger partial charge on any atom is 0.262 e. The molecule has 0 radical (unpaired) electrons. The summed E-state index contributed by atoms with van der Waals surface area (Å²) < 4.78 is 1.37. The Bertz CT molecular complexity index is 1190. The molecule has 0 spiro atoms. The molecule has 4 rings (SSSR count). The molecule has 2 aromatic carbocycles. The lowest BCUT2D eigenvalue weighted by atomic mass is 10.2. The van der Waals surface area contributed by atoms with Crippen LogP contribution in [0.4, 0.5) is 0 Å².